The van der Waals surface area contributed by atoms with Crippen molar-refractivity contribution in [1.82, 2.24) is 0 Å². The number of hydrogen-bond donors (Lipinski definition) is 12. The van der Waals surface area contributed by atoms with E-state index in [0.29, 0.717) is 0 Å². The van der Waals surface area contributed by atoms with Gasteiger partial charge in [0.05, 0.1) is 24.8 Å². The van der Waals surface area contributed by atoms with Crippen LogP contribution in [0.2, 0.25) is 0 Å². The highest BCUT2D eigenvalue weighted by Crippen LogP contribution is 2.45. The third-order valence-electron chi connectivity index (χ3n) is 7.35. The van der Waals surface area contributed by atoms with Gasteiger partial charge >= 0.3 is 11.3 Å². The molecular formula is C27H31O17+. The van der Waals surface area contributed by atoms with E-state index in [2.05, 4.69) is 0 Å². The quantitative estimate of drug-likeness (QED) is 0.0987. The molecule has 12 N–H and O–H groups in total. The molecule has 0 bridgehead atoms. The number of benzene rings is 2. The lowest BCUT2D eigenvalue weighted by atomic mass is 9.97. The summed E-state index contributed by atoms with van der Waals surface area (Å²) in [6, 6.07) is 5.31. The van der Waals surface area contributed by atoms with Crippen molar-refractivity contribution in [3.05, 3.63) is 30.3 Å². The van der Waals surface area contributed by atoms with E-state index in [4.69, 9.17) is 23.4 Å². The van der Waals surface area contributed by atoms with Gasteiger partial charge in [0, 0.05) is 24.3 Å². The van der Waals surface area contributed by atoms with E-state index in [1.54, 1.807) is 0 Å². The third kappa shape index (κ3) is 5.73. The molecule has 17 nitrogen and oxygen atoms in total. The van der Waals surface area contributed by atoms with Gasteiger partial charge in [0.2, 0.25) is 12.0 Å². The molecule has 44 heavy (non-hydrogen) atoms. The first-order chi connectivity index (χ1) is 20.8. The van der Waals surface area contributed by atoms with Gasteiger partial charge in [-0.1, -0.05) is 0 Å². The maximum absolute atomic E-state index is 11.0. The summed E-state index contributed by atoms with van der Waals surface area (Å²) in [5, 5.41) is 122. The average Bonchev–Trinajstić information content (AvgIpc) is 2.99. The zero-order valence-corrected chi connectivity index (χ0v) is 22.5. The highest BCUT2D eigenvalue weighted by atomic mass is 16.7. The minimum atomic E-state index is -1.95. The summed E-state index contributed by atoms with van der Waals surface area (Å²) in [6.07, 6.45) is -17.2. The summed E-state index contributed by atoms with van der Waals surface area (Å²) in [5.74, 6) is -3.76. The van der Waals surface area contributed by atoms with Crippen molar-refractivity contribution >= 4 is 11.0 Å². The Balaban J connectivity index is 1.47. The lowest BCUT2D eigenvalue weighted by molar-refractivity contribution is -0.352. The predicted molar refractivity (Wildman–Crippen MR) is 141 cm³/mol. The van der Waals surface area contributed by atoms with E-state index in [1.165, 1.54) is 6.07 Å². The second kappa shape index (κ2) is 12.3. The van der Waals surface area contributed by atoms with E-state index in [1.807, 2.05) is 0 Å². The number of fused-ring (bicyclic) bond motifs is 1. The molecule has 0 spiro atoms. The molecular weight excluding hydrogens is 596 g/mol. The van der Waals surface area contributed by atoms with E-state index in [9.17, 15) is 61.3 Å². The molecule has 1 aromatic heterocycles. The molecule has 240 valence electrons. The van der Waals surface area contributed by atoms with Crippen LogP contribution >= 0.6 is 0 Å². The van der Waals surface area contributed by atoms with Crippen molar-refractivity contribution in [2.45, 2.75) is 61.4 Å². The summed E-state index contributed by atoms with van der Waals surface area (Å²) in [6.45, 7) is -1.61. The monoisotopic (exact) mass is 627 g/mol. The number of aromatic hydroxyl groups is 5. The van der Waals surface area contributed by atoms with Crippen molar-refractivity contribution < 1.29 is 84.6 Å². The zero-order chi connectivity index (χ0) is 32.0. The molecule has 2 aromatic carbocycles. The van der Waals surface area contributed by atoms with Crippen LogP contribution in [0, 0.1) is 0 Å². The van der Waals surface area contributed by atoms with Crippen molar-refractivity contribution in [2.75, 3.05) is 13.2 Å². The van der Waals surface area contributed by atoms with Gasteiger partial charge in [-0.3, -0.25) is 0 Å². The molecule has 2 aliphatic heterocycles. The molecule has 0 saturated carbocycles. The van der Waals surface area contributed by atoms with Crippen LogP contribution in [0.5, 0.6) is 34.5 Å². The summed E-state index contributed by atoms with van der Waals surface area (Å²) < 4.78 is 28.1. The number of rotatable bonds is 7. The van der Waals surface area contributed by atoms with E-state index in [-0.39, 0.29) is 33.8 Å². The van der Waals surface area contributed by atoms with Gasteiger partial charge < -0.3 is 80.2 Å². The van der Waals surface area contributed by atoms with Gasteiger partial charge in [0.15, 0.2) is 23.5 Å². The molecule has 0 radical (unpaired) electrons. The number of ether oxygens (including phenoxy) is 4. The SMILES string of the molecule is OC[C@H]1O[C@@H](O[C@H]2[C@H](O)[C@@H](O)[C@H](Oc3cc4c(O)cc(O)cc4[o+]c3-c3cc(O)c(O)c(O)c3)O[C@@H]2CO)[C@H](O)[C@@H](O)[C@@H]1O. The molecule has 2 fully saturated rings. The number of phenolic OH excluding ortho intramolecular Hbond substituents is 5. The van der Waals surface area contributed by atoms with Crippen LogP contribution in [0.25, 0.3) is 22.3 Å². The standard InChI is InChI=1S/C27H30O17/c28-6-16-19(35)20(36)22(38)27(42-16)44-25-17(7-29)43-26(23(39)21(25)37)41-15-5-10-11(31)3-9(30)4-14(10)40-24(15)8-1-12(32)18(34)13(33)2-8/h1-5,16-17,19-23,25-29,35-39H,6-7H2,(H4-,30,31,32,33,34)/p+1/t16-,17-,19-,20+,21-,22-,23-,25-,26-,27+/m1/s1. The first-order valence-electron chi connectivity index (χ1n) is 13.2. The minimum absolute atomic E-state index is 0.0119. The Morgan fingerprint density at radius 3 is 1.91 bits per heavy atom. The Morgan fingerprint density at radius 1 is 0.659 bits per heavy atom. The molecule has 5 rings (SSSR count). The fraction of sp³-hybridized carbons (Fsp3) is 0.444. The molecule has 0 unspecified atom stereocenters. The number of aliphatic hydroxyl groups excluding tert-OH is 7. The summed E-state index contributed by atoms with van der Waals surface area (Å²) in [4.78, 5) is 0. The lowest BCUT2D eigenvalue weighted by Gasteiger charge is -2.45. The van der Waals surface area contributed by atoms with Crippen molar-refractivity contribution in [1.29, 1.82) is 0 Å². The minimum Gasteiger partial charge on any atom is -0.507 e. The van der Waals surface area contributed by atoms with Crippen LogP contribution in [0.3, 0.4) is 0 Å². The van der Waals surface area contributed by atoms with Gasteiger partial charge in [0.25, 0.3) is 0 Å². The van der Waals surface area contributed by atoms with Gasteiger partial charge in [-0.15, -0.1) is 0 Å². The molecule has 3 heterocycles. The molecule has 0 amide bonds. The number of phenols is 5. The van der Waals surface area contributed by atoms with Gasteiger partial charge in [-0.2, -0.15) is 0 Å². The maximum atomic E-state index is 11.0. The Morgan fingerprint density at radius 2 is 1.27 bits per heavy atom. The third-order valence-corrected chi connectivity index (χ3v) is 7.35. The van der Waals surface area contributed by atoms with Crippen LogP contribution in [-0.2, 0) is 14.2 Å². The second-order valence-electron chi connectivity index (χ2n) is 10.3. The highest BCUT2D eigenvalue weighted by Gasteiger charge is 2.51. The van der Waals surface area contributed by atoms with Crippen molar-refractivity contribution in [3.8, 4) is 45.8 Å². The smallest absolute Gasteiger partial charge is 0.402 e. The lowest BCUT2D eigenvalue weighted by Crippen LogP contribution is -2.65. The van der Waals surface area contributed by atoms with Crippen molar-refractivity contribution in [3.63, 3.8) is 0 Å². The van der Waals surface area contributed by atoms with Crippen LogP contribution < -0.4 is 4.74 Å². The van der Waals surface area contributed by atoms with Crippen LogP contribution in [0.1, 0.15) is 0 Å². The first kappa shape index (κ1) is 31.7. The maximum Gasteiger partial charge on any atom is 0.402 e. The predicted octanol–water partition coefficient (Wildman–Crippen LogP) is -2.09. The van der Waals surface area contributed by atoms with Crippen LogP contribution in [-0.4, -0.2) is 136 Å². The van der Waals surface area contributed by atoms with E-state index >= 15 is 0 Å². The Kier molecular flexibility index (Phi) is 8.87. The van der Waals surface area contributed by atoms with Crippen molar-refractivity contribution in [2.24, 2.45) is 0 Å². The molecule has 3 aromatic rings. The summed E-state index contributed by atoms with van der Waals surface area (Å²) >= 11 is 0. The summed E-state index contributed by atoms with van der Waals surface area (Å²) in [7, 11) is 0. The van der Waals surface area contributed by atoms with E-state index in [0.717, 1.165) is 24.3 Å². The Hall–Kier alpha value is -3.75. The highest BCUT2D eigenvalue weighted by molar-refractivity contribution is 5.88. The molecule has 10 atom stereocenters. The fourth-order valence-electron chi connectivity index (χ4n) is 4.99. The van der Waals surface area contributed by atoms with Gasteiger partial charge in [0.1, 0.15) is 65.7 Å². The Bertz CT molecular complexity index is 1470. The first-order valence-corrected chi connectivity index (χ1v) is 13.2. The number of aliphatic hydroxyl groups is 7. The van der Waals surface area contributed by atoms with Crippen LogP contribution in [0.15, 0.2) is 34.7 Å². The fourth-order valence-corrected chi connectivity index (χ4v) is 4.99. The average molecular weight is 628 g/mol. The zero-order valence-electron chi connectivity index (χ0n) is 22.5. The molecule has 2 saturated heterocycles. The van der Waals surface area contributed by atoms with E-state index < -0.39 is 97.6 Å². The summed E-state index contributed by atoms with van der Waals surface area (Å²) in [5.41, 5.74) is -0.186. The number of hydrogen-bond acceptors (Lipinski definition) is 16. The Labute approximate surface area is 246 Å². The molecule has 17 heteroatoms. The molecule has 2 aliphatic rings. The van der Waals surface area contributed by atoms with Crippen LogP contribution in [0.4, 0.5) is 0 Å². The second-order valence-corrected chi connectivity index (χ2v) is 10.3. The topological polar surface area (TPSA) is 291 Å². The van der Waals surface area contributed by atoms with Gasteiger partial charge in [-0.25, -0.2) is 4.42 Å². The normalized spacial score (nSPS) is 32.5. The largest absolute Gasteiger partial charge is 0.507 e. The van der Waals surface area contributed by atoms with Gasteiger partial charge in [-0.05, 0) is 0 Å². The molecule has 0 aliphatic carbocycles.